The summed E-state index contributed by atoms with van der Waals surface area (Å²) in [7, 11) is 0. The Morgan fingerprint density at radius 1 is 1.73 bits per heavy atom. The molecule has 0 amide bonds. The van der Waals surface area contributed by atoms with Gasteiger partial charge in [0.05, 0.1) is 12.6 Å². The molecule has 0 spiro atoms. The van der Waals surface area contributed by atoms with Crippen molar-refractivity contribution in [1.82, 2.24) is 5.32 Å². The Morgan fingerprint density at radius 3 is 2.82 bits per heavy atom. The maximum Gasteiger partial charge on any atom is 0.102 e. The summed E-state index contributed by atoms with van der Waals surface area (Å²) in [4.78, 5) is 0. The molecule has 3 heteroatoms. The molecule has 0 bridgehead atoms. The van der Waals surface area contributed by atoms with E-state index in [-0.39, 0.29) is 0 Å². The van der Waals surface area contributed by atoms with E-state index in [0.717, 1.165) is 0 Å². The van der Waals surface area contributed by atoms with Crippen molar-refractivity contribution in [3.05, 3.63) is 0 Å². The van der Waals surface area contributed by atoms with Crippen LogP contribution in [-0.2, 0) is 0 Å². The van der Waals surface area contributed by atoms with Gasteiger partial charge in [-0.3, -0.25) is 0 Å². The predicted octanol–water partition coefficient (Wildman–Crippen LogP) is -0.160. The molecule has 0 heterocycles. The zero-order valence-electron chi connectivity index (χ0n) is 6.72. The maximum atomic E-state index is 8.51. The van der Waals surface area contributed by atoms with Crippen LogP contribution in [0.1, 0.15) is 13.3 Å². The summed E-state index contributed by atoms with van der Waals surface area (Å²) in [5, 5.41) is 11.5. The van der Waals surface area contributed by atoms with Crippen molar-refractivity contribution in [1.29, 1.82) is 5.26 Å². The van der Waals surface area contributed by atoms with Crippen LogP contribution in [0.2, 0.25) is 0 Å². The van der Waals surface area contributed by atoms with E-state index in [0.29, 0.717) is 19.5 Å². The second-order valence-electron chi connectivity index (χ2n) is 2.66. The molecule has 3 nitrogen and oxygen atoms in total. The van der Waals surface area contributed by atoms with Gasteiger partial charge in [0.25, 0.3) is 0 Å². The standard InChI is InChI=1S/C8H13N3/c1-3-5-11-6-4-8(2,10)7-9/h1,11H,4-6,10H2,2H3. The zero-order chi connectivity index (χ0) is 8.74. The quantitative estimate of drug-likeness (QED) is 0.433. The highest BCUT2D eigenvalue weighted by molar-refractivity contribution is 5.01. The number of hydrogen-bond donors (Lipinski definition) is 2. The van der Waals surface area contributed by atoms with Gasteiger partial charge in [-0.05, 0) is 19.9 Å². The minimum atomic E-state index is -0.735. The summed E-state index contributed by atoms with van der Waals surface area (Å²) in [6.45, 7) is 2.91. The fourth-order valence-corrected chi connectivity index (χ4v) is 0.565. The van der Waals surface area contributed by atoms with Crippen molar-refractivity contribution in [2.75, 3.05) is 13.1 Å². The summed E-state index contributed by atoms with van der Waals surface area (Å²) in [5.74, 6) is 2.44. The molecular formula is C8H13N3. The number of nitrogens with one attached hydrogen (secondary N) is 1. The molecule has 3 N–H and O–H groups in total. The van der Waals surface area contributed by atoms with Crippen LogP contribution >= 0.6 is 0 Å². The first kappa shape index (κ1) is 9.97. The molecule has 0 aromatic rings. The summed E-state index contributed by atoms with van der Waals surface area (Å²) in [6, 6.07) is 2.00. The number of nitrogens with zero attached hydrogens (tertiary/aromatic N) is 1. The number of nitriles is 1. The monoisotopic (exact) mass is 151 g/mol. The third-order valence-corrected chi connectivity index (χ3v) is 1.30. The van der Waals surface area contributed by atoms with Crippen LogP contribution in [0.15, 0.2) is 0 Å². The highest BCUT2D eigenvalue weighted by atomic mass is 14.9. The Bertz CT molecular complexity index is 182. The lowest BCUT2D eigenvalue weighted by Gasteiger charge is -2.14. The Morgan fingerprint density at radius 2 is 2.36 bits per heavy atom. The molecule has 0 rings (SSSR count). The Hall–Kier alpha value is -1.03. The van der Waals surface area contributed by atoms with E-state index in [4.69, 9.17) is 17.4 Å². The fourth-order valence-electron chi connectivity index (χ4n) is 0.565. The molecule has 0 saturated heterocycles. The average Bonchev–Trinajstić information content (AvgIpc) is 1.99. The van der Waals surface area contributed by atoms with Crippen LogP contribution in [0.25, 0.3) is 0 Å². The minimum Gasteiger partial charge on any atom is -0.314 e. The molecule has 60 valence electrons. The molecule has 0 aliphatic heterocycles. The van der Waals surface area contributed by atoms with Gasteiger partial charge in [0.2, 0.25) is 0 Å². The molecule has 11 heavy (non-hydrogen) atoms. The Kier molecular flexibility index (Phi) is 4.29. The van der Waals surface area contributed by atoms with Gasteiger partial charge >= 0.3 is 0 Å². The number of rotatable bonds is 4. The van der Waals surface area contributed by atoms with Crippen molar-refractivity contribution >= 4 is 0 Å². The molecule has 0 aliphatic rings. The van der Waals surface area contributed by atoms with E-state index in [1.807, 2.05) is 6.07 Å². The first-order chi connectivity index (χ1) is 5.12. The molecule has 0 radical (unpaired) electrons. The lowest BCUT2D eigenvalue weighted by atomic mass is 10.0. The first-order valence-electron chi connectivity index (χ1n) is 3.47. The fraction of sp³-hybridized carbons (Fsp3) is 0.625. The zero-order valence-corrected chi connectivity index (χ0v) is 6.72. The topological polar surface area (TPSA) is 61.8 Å². The van der Waals surface area contributed by atoms with E-state index >= 15 is 0 Å². The smallest absolute Gasteiger partial charge is 0.102 e. The first-order valence-corrected chi connectivity index (χ1v) is 3.47. The van der Waals surface area contributed by atoms with Crippen LogP contribution in [0.5, 0.6) is 0 Å². The van der Waals surface area contributed by atoms with Crippen molar-refractivity contribution in [3.63, 3.8) is 0 Å². The molecule has 1 unspecified atom stereocenters. The number of hydrogen-bond acceptors (Lipinski definition) is 3. The van der Waals surface area contributed by atoms with Gasteiger partial charge in [0.15, 0.2) is 0 Å². The van der Waals surface area contributed by atoms with E-state index in [9.17, 15) is 0 Å². The predicted molar refractivity (Wildman–Crippen MR) is 44.5 cm³/mol. The molecular weight excluding hydrogens is 138 g/mol. The molecule has 0 aromatic carbocycles. The SMILES string of the molecule is C#CCNCCC(C)(N)C#N. The van der Waals surface area contributed by atoms with Crippen molar-refractivity contribution in [3.8, 4) is 18.4 Å². The Balaban J connectivity index is 3.42. The summed E-state index contributed by atoms with van der Waals surface area (Å²) in [6.07, 6.45) is 5.62. The van der Waals surface area contributed by atoms with Crippen molar-refractivity contribution in [2.45, 2.75) is 18.9 Å². The van der Waals surface area contributed by atoms with Crippen LogP contribution < -0.4 is 11.1 Å². The highest BCUT2D eigenvalue weighted by Crippen LogP contribution is 2.00. The van der Waals surface area contributed by atoms with Gasteiger partial charge < -0.3 is 11.1 Å². The summed E-state index contributed by atoms with van der Waals surface area (Å²) in [5.41, 5.74) is 4.81. The van der Waals surface area contributed by atoms with E-state index in [2.05, 4.69) is 11.2 Å². The van der Waals surface area contributed by atoms with Crippen molar-refractivity contribution < 1.29 is 0 Å². The molecule has 1 atom stereocenters. The second-order valence-corrected chi connectivity index (χ2v) is 2.66. The van der Waals surface area contributed by atoms with E-state index in [1.54, 1.807) is 6.92 Å². The van der Waals surface area contributed by atoms with Crippen LogP contribution in [0.4, 0.5) is 0 Å². The minimum absolute atomic E-state index is 0.529. The molecule has 0 aliphatic carbocycles. The molecule has 0 aromatic heterocycles. The normalized spacial score (nSPS) is 14.5. The number of terminal acetylenes is 1. The highest BCUT2D eigenvalue weighted by Gasteiger charge is 2.15. The molecule has 0 fully saturated rings. The van der Waals surface area contributed by atoms with Gasteiger partial charge in [-0.2, -0.15) is 5.26 Å². The lowest BCUT2D eigenvalue weighted by Crippen LogP contribution is -2.37. The third kappa shape index (κ3) is 5.42. The van der Waals surface area contributed by atoms with Crippen LogP contribution in [0.3, 0.4) is 0 Å². The maximum absolute atomic E-state index is 8.51. The van der Waals surface area contributed by atoms with Gasteiger partial charge in [-0.15, -0.1) is 6.42 Å². The summed E-state index contributed by atoms with van der Waals surface area (Å²) >= 11 is 0. The van der Waals surface area contributed by atoms with Gasteiger partial charge in [-0.1, -0.05) is 5.92 Å². The number of nitrogens with two attached hydrogens (primary N) is 1. The largest absolute Gasteiger partial charge is 0.314 e. The average molecular weight is 151 g/mol. The van der Waals surface area contributed by atoms with Gasteiger partial charge in [0.1, 0.15) is 5.54 Å². The van der Waals surface area contributed by atoms with Crippen molar-refractivity contribution in [2.24, 2.45) is 5.73 Å². The summed E-state index contributed by atoms with van der Waals surface area (Å²) < 4.78 is 0. The second kappa shape index (κ2) is 4.73. The van der Waals surface area contributed by atoms with E-state index in [1.165, 1.54) is 0 Å². The van der Waals surface area contributed by atoms with E-state index < -0.39 is 5.54 Å². The lowest BCUT2D eigenvalue weighted by molar-refractivity contribution is 0.523. The Labute approximate surface area is 67.6 Å². The van der Waals surface area contributed by atoms with Gasteiger partial charge in [0, 0.05) is 0 Å². The molecule has 0 saturated carbocycles. The van der Waals surface area contributed by atoms with Gasteiger partial charge in [-0.25, -0.2) is 0 Å². The van der Waals surface area contributed by atoms with Crippen LogP contribution in [-0.4, -0.2) is 18.6 Å². The third-order valence-electron chi connectivity index (χ3n) is 1.30. The van der Waals surface area contributed by atoms with Crippen LogP contribution in [0, 0.1) is 23.7 Å².